The van der Waals surface area contributed by atoms with Crippen molar-refractivity contribution < 1.29 is 27.1 Å². The van der Waals surface area contributed by atoms with E-state index in [9.17, 15) is 27.2 Å². The summed E-state index contributed by atoms with van der Waals surface area (Å²) in [4.78, 5) is 31.7. The van der Waals surface area contributed by atoms with Gasteiger partial charge in [0, 0.05) is 24.8 Å². The fourth-order valence-electron chi connectivity index (χ4n) is 4.07. The normalized spacial score (nSPS) is 15.6. The van der Waals surface area contributed by atoms with Crippen molar-refractivity contribution in [2.24, 2.45) is 0 Å². The van der Waals surface area contributed by atoms with E-state index >= 15 is 0 Å². The van der Waals surface area contributed by atoms with Gasteiger partial charge in [0.25, 0.3) is 11.5 Å². The summed E-state index contributed by atoms with van der Waals surface area (Å²) in [5.41, 5.74) is 0.691. The van der Waals surface area contributed by atoms with Crippen LogP contribution in [0.3, 0.4) is 0 Å². The summed E-state index contributed by atoms with van der Waals surface area (Å²) < 4.78 is 62.0. The minimum absolute atomic E-state index is 0.0931. The predicted octanol–water partition coefficient (Wildman–Crippen LogP) is 4.07. The molecule has 3 heterocycles. The highest BCUT2D eigenvalue weighted by Crippen LogP contribution is 2.39. The summed E-state index contributed by atoms with van der Waals surface area (Å²) in [5, 5.41) is 0. The van der Waals surface area contributed by atoms with Gasteiger partial charge in [-0.1, -0.05) is 0 Å². The van der Waals surface area contributed by atoms with Crippen molar-refractivity contribution in [2.75, 3.05) is 13.2 Å². The molecule has 0 bridgehead atoms. The zero-order valence-electron chi connectivity index (χ0n) is 19.3. The summed E-state index contributed by atoms with van der Waals surface area (Å²) in [6.07, 6.45) is -1.33. The van der Waals surface area contributed by atoms with E-state index < -0.39 is 24.0 Å². The molecule has 1 amide bonds. The number of aryl methyl sites for hydroxylation is 1. The Morgan fingerprint density at radius 3 is 2.51 bits per heavy atom. The summed E-state index contributed by atoms with van der Waals surface area (Å²) in [7, 11) is 0. The number of ether oxygens (including phenoxy) is 1. The molecule has 0 fully saturated rings. The molecule has 4 rings (SSSR count). The maximum atomic E-state index is 13.6. The molecule has 0 saturated heterocycles. The maximum Gasteiger partial charge on any atom is 0.395 e. The molecule has 3 aromatic rings. The van der Waals surface area contributed by atoms with Crippen LogP contribution in [0.5, 0.6) is 5.75 Å². The van der Waals surface area contributed by atoms with E-state index in [1.54, 1.807) is 36.7 Å². The highest BCUT2D eigenvalue weighted by atomic mass is 19.4. The van der Waals surface area contributed by atoms with E-state index in [4.69, 9.17) is 4.74 Å². The molecule has 1 aromatic carbocycles. The van der Waals surface area contributed by atoms with Crippen molar-refractivity contribution in [1.82, 2.24) is 19.0 Å². The fourth-order valence-corrected chi connectivity index (χ4v) is 4.07. The smallest absolute Gasteiger partial charge is 0.395 e. The molecule has 2 aromatic heterocycles. The van der Waals surface area contributed by atoms with Gasteiger partial charge in [0.15, 0.2) is 0 Å². The largest absolute Gasteiger partial charge is 0.491 e. The molecule has 0 aliphatic carbocycles. The van der Waals surface area contributed by atoms with Crippen LogP contribution < -0.4 is 10.3 Å². The van der Waals surface area contributed by atoms with Crippen LogP contribution in [0, 0.1) is 12.7 Å². The molecule has 0 radical (unpaired) electrons. The second-order valence-electron chi connectivity index (χ2n) is 8.59. The highest BCUT2D eigenvalue weighted by molar-refractivity contribution is 5.93. The number of imidazole rings is 1. The van der Waals surface area contributed by atoms with Crippen molar-refractivity contribution in [3.05, 3.63) is 76.0 Å². The van der Waals surface area contributed by atoms with Crippen molar-refractivity contribution in [3.63, 3.8) is 0 Å². The third-order valence-electron chi connectivity index (χ3n) is 6.13. The number of carbonyl (C=O) groups is 1. The number of carbonyl (C=O) groups excluding carboxylic acids is 1. The lowest BCUT2D eigenvalue weighted by molar-refractivity contribution is -0.146. The van der Waals surface area contributed by atoms with Crippen molar-refractivity contribution in [2.45, 2.75) is 45.5 Å². The number of hydrogen-bond donors (Lipinski definition) is 0. The number of fused-ring (bicyclic) bond motifs is 1. The first-order chi connectivity index (χ1) is 16.5. The monoisotopic (exact) mass is 492 g/mol. The van der Waals surface area contributed by atoms with Gasteiger partial charge in [-0.25, -0.2) is 9.37 Å². The lowest BCUT2D eigenvalue weighted by atomic mass is 9.99. The Bertz CT molecular complexity index is 1310. The topological polar surface area (TPSA) is 69.4 Å². The fraction of sp³-hybridized carbons (Fsp3) is 0.375. The van der Waals surface area contributed by atoms with Gasteiger partial charge in [-0.05, 0) is 51.1 Å². The van der Waals surface area contributed by atoms with Gasteiger partial charge >= 0.3 is 6.18 Å². The van der Waals surface area contributed by atoms with Crippen LogP contribution in [-0.2, 0) is 6.54 Å². The number of amides is 1. The average molecular weight is 492 g/mol. The molecule has 7 nitrogen and oxygen atoms in total. The first-order valence-electron chi connectivity index (χ1n) is 11.0. The first-order valence-corrected chi connectivity index (χ1v) is 11.0. The van der Waals surface area contributed by atoms with Crippen molar-refractivity contribution >= 4 is 5.91 Å². The molecule has 186 valence electrons. The van der Waals surface area contributed by atoms with E-state index in [1.807, 2.05) is 0 Å². The summed E-state index contributed by atoms with van der Waals surface area (Å²) in [5.74, 6) is -3.20. The van der Waals surface area contributed by atoms with Gasteiger partial charge < -0.3 is 18.8 Å². The zero-order valence-corrected chi connectivity index (χ0v) is 19.3. The second kappa shape index (κ2) is 9.20. The molecule has 0 unspecified atom stereocenters. The summed E-state index contributed by atoms with van der Waals surface area (Å²) in [6.45, 7) is 4.80. The molecule has 1 aliphatic rings. The highest BCUT2D eigenvalue weighted by Gasteiger charge is 2.39. The van der Waals surface area contributed by atoms with Gasteiger partial charge in [0.2, 0.25) is 0 Å². The predicted molar refractivity (Wildman–Crippen MR) is 119 cm³/mol. The van der Waals surface area contributed by atoms with Crippen molar-refractivity contribution in [1.29, 1.82) is 0 Å². The number of pyridine rings is 1. The van der Waals surface area contributed by atoms with Crippen LogP contribution in [0.1, 0.15) is 41.5 Å². The summed E-state index contributed by atoms with van der Waals surface area (Å²) >= 11 is 0. The van der Waals surface area contributed by atoms with Crippen LogP contribution in [0.2, 0.25) is 0 Å². The van der Waals surface area contributed by atoms with Gasteiger partial charge in [-0.3, -0.25) is 9.59 Å². The first kappa shape index (κ1) is 24.5. The van der Waals surface area contributed by atoms with Crippen LogP contribution in [0.4, 0.5) is 17.6 Å². The zero-order chi connectivity index (χ0) is 25.5. The number of rotatable bonds is 6. The van der Waals surface area contributed by atoms with E-state index in [-0.39, 0.29) is 48.2 Å². The maximum absolute atomic E-state index is 13.6. The van der Waals surface area contributed by atoms with Crippen LogP contribution in [-0.4, -0.2) is 50.3 Å². The lowest BCUT2D eigenvalue weighted by Gasteiger charge is -2.34. The number of hydrogen-bond acceptors (Lipinski definition) is 4. The van der Waals surface area contributed by atoms with Crippen LogP contribution in [0.25, 0.3) is 5.69 Å². The molecule has 11 heteroatoms. The quantitative estimate of drug-likeness (QED) is 0.487. The molecule has 0 saturated carbocycles. The molecule has 35 heavy (non-hydrogen) atoms. The average Bonchev–Trinajstić information content (AvgIpc) is 3.23. The van der Waals surface area contributed by atoms with Gasteiger partial charge in [0.1, 0.15) is 29.6 Å². The van der Waals surface area contributed by atoms with Crippen molar-refractivity contribution in [3.8, 4) is 11.4 Å². The molecular weight excluding hydrogens is 468 g/mol. The number of alkyl halides is 3. The molecule has 2 atom stereocenters. The lowest BCUT2D eigenvalue weighted by Crippen LogP contribution is -2.50. The van der Waals surface area contributed by atoms with E-state index in [1.165, 1.54) is 15.8 Å². The van der Waals surface area contributed by atoms with Crippen LogP contribution >= 0.6 is 0 Å². The molecular formula is C24H24F4N4O3. The Hall–Kier alpha value is -3.63. The SMILES string of the molecule is Cc1cn(-c2ccc3n(c2=O)CCN([C@@H](C)COc2ccc(F)cc2[C@@H](C)C(F)(F)F)C3=O)cn1. The van der Waals surface area contributed by atoms with Crippen LogP contribution in [0.15, 0.2) is 47.7 Å². The molecule has 1 aliphatic heterocycles. The van der Waals surface area contributed by atoms with E-state index in [2.05, 4.69) is 4.98 Å². The molecule has 0 spiro atoms. The summed E-state index contributed by atoms with van der Waals surface area (Å²) in [6, 6.07) is 5.61. The minimum atomic E-state index is -4.56. The Labute approximate surface area is 198 Å². The van der Waals surface area contributed by atoms with Gasteiger partial charge in [-0.2, -0.15) is 13.2 Å². The Balaban J connectivity index is 1.51. The Kier molecular flexibility index (Phi) is 6.44. The van der Waals surface area contributed by atoms with E-state index in [0.717, 1.165) is 30.8 Å². The Morgan fingerprint density at radius 2 is 1.86 bits per heavy atom. The van der Waals surface area contributed by atoms with Gasteiger partial charge in [0.05, 0.1) is 24.0 Å². The van der Waals surface area contributed by atoms with E-state index in [0.29, 0.717) is 5.69 Å². The minimum Gasteiger partial charge on any atom is -0.491 e. The molecule has 0 N–H and O–H groups in total. The Morgan fingerprint density at radius 1 is 1.11 bits per heavy atom. The van der Waals surface area contributed by atoms with Gasteiger partial charge in [-0.15, -0.1) is 0 Å². The number of aromatic nitrogens is 3. The number of nitrogens with zero attached hydrogens (tertiary/aromatic N) is 4. The standard InChI is InChI=1S/C24H24F4N4O3/c1-14-11-30(13-29-14)19-5-6-20-23(34)31(8-9-32(20)22(19)33)15(2)12-35-21-7-4-17(25)10-18(21)16(3)24(26,27)28/h4-7,10-11,13,15-16H,8-9,12H2,1-3H3/t15-,16+/m0/s1. The number of benzene rings is 1. The third kappa shape index (κ3) is 4.80. The second-order valence-corrected chi connectivity index (χ2v) is 8.59. The third-order valence-corrected chi connectivity index (χ3v) is 6.13. The number of halogens is 4.